The molecule has 3 rings (SSSR count). The van der Waals surface area contributed by atoms with Gasteiger partial charge in [-0.3, -0.25) is 4.79 Å². The average Bonchev–Trinajstić information content (AvgIpc) is 3.07. The molecule has 2 aromatic rings. The van der Waals surface area contributed by atoms with Gasteiger partial charge in [0.05, 0.1) is 11.8 Å². The maximum Gasteiger partial charge on any atom is 0.238 e. The summed E-state index contributed by atoms with van der Waals surface area (Å²) < 4.78 is 37.3. The SMILES string of the molecule is C[C@H](NS(=O)(=O)Cc1ccccc1)C(=O)NCc1ccc2c(c1)OCO2. The number of carbonyl (C=O) groups is 1. The standard InChI is InChI=1S/C18H20N2O5S/c1-13(20-26(22,23)11-14-5-3-2-4-6-14)18(21)19-10-15-7-8-16-17(9-15)25-12-24-16/h2-9,13,20H,10-12H2,1H3,(H,19,21)/t13-/m0/s1. The molecule has 26 heavy (non-hydrogen) atoms. The Kier molecular flexibility index (Phi) is 5.43. The first-order chi connectivity index (χ1) is 12.4. The van der Waals surface area contributed by atoms with Crippen LogP contribution in [-0.4, -0.2) is 27.2 Å². The number of rotatable bonds is 7. The minimum atomic E-state index is -3.62. The van der Waals surface area contributed by atoms with Crippen LogP contribution in [0.25, 0.3) is 0 Å². The van der Waals surface area contributed by atoms with Crippen LogP contribution in [0.5, 0.6) is 11.5 Å². The number of benzene rings is 2. The molecule has 2 N–H and O–H groups in total. The zero-order valence-corrected chi connectivity index (χ0v) is 15.1. The third kappa shape index (κ3) is 4.74. The summed E-state index contributed by atoms with van der Waals surface area (Å²) in [5, 5.41) is 2.71. The molecule has 1 atom stereocenters. The number of carbonyl (C=O) groups excluding carboxylic acids is 1. The average molecular weight is 376 g/mol. The van der Waals surface area contributed by atoms with Gasteiger partial charge in [-0.2, -0.15) is 0 Å². The molecule has 1 heterocycles. The second-order valence-corrected chi connectivity index (χ2v) is 7.74. The molecule has 1 amide bonds. The normalized spacial score (nSPS) is 14.0. The molecule has 138 valence electrons. The van der Waals surface area contributed by atoms with Crippen LogP contribution in [0.3, 0.4) is 0 Å². The summed E-state index contributed by atoms with van der Waals surface area (Å²) in [6.45, 7) is 1.96. The van der Waals surface area contributed by atoms with Gasteiger partial charge in [0.15, 0.2) is 11.5 Å². The molecule has 0 aliphatic carbocycles. The van der Waals surface area contributed by atoms with E-state index in [1.54, 1.807) is 36.4 Å². The van der Waals surface area contributed by atoms with Crippen LogP contribution < -0.4 is 19.5 Å². The highest BCUT2D eigenvalue weighted by Gasteiger charge is 2.21. The van der Waals surface area contributed by atoms with Crippen LogP contribution in [-0.2, 0) is 27.1 Å². The molecule has 0 radical (unpaired) electrons. The zero-order chi connectivity index (χ0) is 18.6. The zero-order valence-electron chi connectivity index (χ0n) is 14.3. The molecule has 8 heteroatoms. The van der Waals surface area contributed by atoms with E-state index in [2.05, 4.69) is 10.0 Å². The van der Waals surface area contributed by atoms with Crippen molar-refractivity contribution in [3.05, 3.63) is 59.7 Å². The molecule has 0 fully saturated rings. The van der Waals surface area contributed by atoms with E-state index < -0.39 is 22.0 Å². The van der Waals surface area contributed by atoms with Gasteiger partial charge in [-0.15, -0.1) is 0 Å². The molecule has 1 aliphatic rings. The number of fused-ring (bicyclic) bond motifs is 1. The van der Waals surface area contributed by atoms with Gasteiger partial charge < -0.3 is 14.8 Å². The quantitative estimate of drug-likeness (QED) is 0.765. The van der Waals surface area contributed by atoms with Crippen molar-refractivity contribution in [2.45, 2.75) is 25.3 Å². The lowest BCUT2D eigenvalue weighted by atomic mass is 10.2. The van der Waals surface area contributed by atoms with E-state index >= 15 is 0 Å². The summed E-state index contributed by atoms with van der Waals surface area (Å²) in [6, 6.07) is 13.3. The van der Waals surface area contributed by atoms with Crippen molar-refractivity contribution >= 4 is 15.9 Å². The molecular weight excluding hydrogens is 356 g/mol. The smallest absolute Gasteiger partial charge is 0.238 e. The lowest BCUT2D eigenvalue weighted by molar-refractivity contribution is -0.122. The van der Waals surface area contributed by atoms with Gasteiger partial charge in [0.25, 0.3) is 0 Å². The fourth-order valence-electron chi connectivity index (χ4n) is 2.55. The van der Waals surface area contributed by atoms with Gasteiger partial charge in [0, 0.05) is 6.54 Å². The number of ether oxygens (including phenoxy) is 2. The summed E-state index contributed by atoms with van der Waals surface area (Å²) >= 11 is 0. The molecule has 0 aromatic heterocycles. The number of hydrogen-bond donors (Lipinski definition) is 2. The number of amides is 1. The van der Waals surface area contributed by atoms with Gasteiger partial charge in [0.1, 0.15) is 0 Å². The van der Waals surface area contributed by atoms with Crippen molar-refractivity contribution in [2.24, 2.45) is 0 Å². The van der Waals surface area contributed by atoms with E-state index in [1.165, 1.54) is 6.92 Å². The summed E-state index contributed by atoms with van der Waals surface area (Å²) in [4.78, 5) is 12.2. The first-order valence-corrected chi connectivity index (χ1v) is 9.78. The topological polar surface area (TPSA) is 93.7 Å². The Morgan fingerprint density at radius 2 is 1.81 bits per heavy atom. The summed E-state index contributed by atoms with van der Waals surface area (Å²) in [6.07, 6.45) is 0. The van der Waals surface area contributed by atoms with E-state index in [1.807, 2.05) is 12.1 Å². The molecule has 7 nitrogen and oxygen atoms in total. The molecule has 0 saturated heterocycles. The number of sulfonamides is 1. The van der Waals surface area contributed by atoms with Gasteiger partial charge in [0.2, 0.25) is 22.7 Å². The van der Waals surface area contributed by atoms with Crippen molar-refractivity contribution < 1.29 is 22.7 Å². The minimum absolute atomic E-state index is 0.173. The molecule has 0 unspecified atom stereocenters. The fraction of sp³-hybridized carbons (Fsp3) is 0.278. The summed E-state index contributed by atoms with van der Waals surface area (Å²) in [5.41, 5.74) is 1.50. The van der Waals surface area contributed by atoms with Crippen LogP contribution in [0.2, 0.25) is 0 Å². The van der Waals surface area contributed by atoms with Crippen LogP contribution >= 0.6 is 0 Å². The minimum Gasteiger partial charge on any atom is -0.454 e. The van der Waals surface area contributed by atoms with Crippen molar-refractivity contribution in [2.75, 3.05) is 6.79 Å². The fourth-order valence-corrected chi connectivity index (χ4v) is 3.91. The van der Waals surface area contributed by atoms with Gasteiger partial charge in [-0.05, 0) is 30.2 Å². The Balaban J connectivity index is 1.52. The highest BCUT2D eigenvalue weighted by atomic mass is 32.2. The van der Waals surface area contributed by atoms with Crippen LogP contribution in [0, 0.1) is 0 Å². The molecule has 0 bridgehead atoms. The first kappa shape index (κ1) is 18.2. The van der Waals surface area contributed by atoms with Crippen LogP contribution in [0.15, 0.2) is 48.5 Å². The van der Waals surface area contributed by atoms with E-state index in [-0.39, 0.29) is 19.1 Å². The summed E-state index contributed by atoms with van der Waals surface area (Å²) in [7, 11) is -3.62. The van der Waals surface area contributed by atoms with Crippen molar-refractivity contribution in [1.82, 2.24) is 10.0 Å². The lowest BCUT2D eigenvalue weighted by Crippen LogP contribution is -2.44. The van der Waals surface area contributed by atoms with Crippen LogP contribution in [0.1, 0.15) is 18.1 Å². The second kappa shape index (κ2) is 7.76. The highest BCUT2D eigenvalue weighted by molar-refractivity contribution is 7.88. The largest absolute Gasteiger partial charge is 0.454 e. The van der Waals surface area contributed by atoms with Crippen LogP contribution in [0.4, 0.5) is 0 Å². The van der Waals surface area contributed by atoms with E-state index in [4.69, 9.17) is 9.47 Å². The predicted octanol–water partition coefficient (Wildman–Crippen LogP) is 1.54. The number of nitrogens with one attached hydrogen (secondary N) is 2. The Bertz CT molecular complexity index is 884. The van der Waals surface area contributed by atoms with Crippen molar-refractivity contribution in [3.63, 3.8) is 0 Å². The molecular formula is C18H20N2O5S. The van der Waals surface area contributed by atoms with E-state index in [9.17, 15) is 13.2 Å². The highest BCUT2D eigenvalue weighted by Crippen LogP contribution is 2.32. The van der Waals surface area contributed by atoms with E-state index in [0.717, 1.165) is 5.56 Å². The molecule has 0 saturated carbocycles. The summed E-state index contributed by atoms with van der Waals surface area (Å²) in [5.74, 6) is 0.725. The van der Waals surface area contributed by atoms with Gasteiger partial charge in [-0.1, -0.05) is 36.4 Å². The maximum absolute atomic E-state index is 12.2. The van der Waals surface area contributed by atoms with Crippen molar-refractivity contribution in [3.8, 4) is 11.5 Å². The molecule has 2 aromatic carbocycles. The Morgan fingerprint density at radius 1 is 1.08 bits per heavy atom. The molecule has 1 aliphatic heterocycles. The Morgan fingerprint density at radius 3 is 2.58 bits per heavy atom. The number of hydrogen-bond acceptors (Lipinski definition) is 5. The Labute approximate surface area is 152 Å². The van der Waals surface area contributed by atoms with E-state index in [0.29, 0.717) is 17.1 Å². The third-order valence-electron chi connectivity index (χ3n) is 3.85. The van der Waals surface area contributed by atoms with Gasteiger partial charge >= 0.3 is 0 Å². The first-order valence-electron chi connectivity index (χ1n) is 8.13. The van der Waals surface area contributed by atoms with Crippen molar-refractivity contribution in [1.29, 1.82) is 0 Å². The predicted molar refractivity (Wildman–Crippen MR) is 96.1 cm³/mol. The third-order valence-corrected chi connectivity index (χ3v) is 5.28. The second-order valence-electron chi connectivity index (χ2n) is 5.99. The Hall–Kier alpha value is -2.58. The lowest BCUT2D eigenvalue weighted by Gasteiger charge is -2.14. The van der Waals surface area contributed by atoms with Gasteiger partial charge in [-0.25, -0.2) is 13.1 Å². The maximum atomic E-state index is 12.2. The monoisotopic (exact) mass is 376 g/mol. The molecule has 0 spiro atoms.